The topological polar surface area (TPSA) is 38.3 Å². The Morgan fingerprint density at radius 2 is 2.36 bits per heavy atom. The quantitative estimate of drug-likeness (QED) is 0.808. The van der Waals surface area contributed by atoms with Gasteiger partial charge < -0.3 is 10.1 Å². The molecule has 0 radical (unpaired) electrons. The zero-order chi connectivity index (χ0) is 10.1. The summed E-state index contributed by atoms with van der Waals surface area (Å²) in [4.78, 5) is 10.8. The molecule has 0 aliphatic carbocycles. The van der Waals surface area contributed by atoms with Crippen LogP contribution in [0.2, 0.25) is 0 Å². The van der Waals surface area contributed by atoms with Crippen molar-refractivity contribution < 1.29 is 13.9 Å². The fourth-order valence-corrected chi connectivity index (χ4v) is 1.85. The second-order valence-corrected chi connectivity index (χ2v) is 4.21. The minimum Gasteiger partial charge on any atom is -0.447 e. The van der Waals surface area contributed by atoms with E-state index >= 15 is 0 Å². The van der Waals surface area contributed by atoms with E-state index in [1.807, 2.05) is 0 Å². The van der Waals surface area contributed by atoms with Gasteiger partial charge in [-0.2, -0.15) is 0 Å². The zero-order valence-electron chi connectivity index (χ0n) is 7.09. The Kier molecular flexibility index (Phi) is 2.58. The summed E-state index contributed by atoms with van der Waals surface area (Å²) < 4.78 is 19.0. The molecule has 1 aliphatic rings. The van der Waals surface area contributed by atoms with E-state index in [1.165, 1.54) is 6.07 Å². The van der Waals surface area contributed by atoms with Crippen molar-refractivity contribution >= 4 is 28.7 Å². The Hall–Kier alpha value is -0.850. The average Bonchev–Trinajstić information content (AvgIpc) is 2.56. The van der Waals surface area contributed by atoms with Crippen molar-refractivity contribution in [1.82, 2.24) is 5.32 Å². The van der Waals surface area contributed by atoms with Crippen LogP contribution in [0.1, 0.15) is 11.6 Å². The van der Waals surface area contributed by atoms with Crippen molar-refractivity contribution in [1.29, 1.82) is 0 Å². The molecule has 1 heterocycles. The standard InChI is InChI=1S/C9H7FINO2/c10-7-2-1-5(11)3-6(7)8-4-14-9(13)12-8/h1-3,8H,4H2,(H,12,13)/t8-/m1/s1. The molecule has 5 heteroatoms. The number of halogens is 2. The van der Waals surface area contributed by atoms with Crippen LogP contribution in [0, 0.1) is 9.39 Å². The molecule has 0 spiro atoms. The first-order chi connectivity index (χ1) is 6.66. The molecule has 2 rings (SSSR count). The maximum atomic E-state index is 13.3. The summed E-state index contributed by atoms with van der Waals surface area (Å²) >= 11 is 2.09. The summed E-state index contributed by atoms with van der Waals surface area (Å²) in [5.41, 5.74) is 0.475. The van der Waals surface area contributed by atoms with Crippen LogP contribution in [0.5, 0.6) is 0 Å². The van der Waals surface area contributed by atoms with Crippen molar-refractivity contribution in [3.63, 3.8) is 0 Å². The molecule has 74 valence electrons. The third kappa shape index (κ3) is 1.82. The predicted octanol–water partition coefficient (Wildman–Crippen LogP) is 2.21. The molecule has 1 amide bonds. The Morgan fingerprint density at radius 1 is 1.57 bits per heavy atom. The minimum absolute atomic E-state index is 0.190. The summed E-state index contributed by atoms with van der Waals surface area (Å²) in [5.74, 6) is -0.318. The van der Waals surface area contributed by atoms with Crippen LogP contribution in [0.3, 0.4) is 0 Å². The van der Waals surface area contributed by atoms with Crippen LogP contribution in [0.15, 0.2) is 18.2 Å². The lowest BCUT2D eigenvalue weighted by atomic mass is 10.1. The minimum atomic E-state index is -0.492. The fourth-order valence-electron chi connectivity index (χ4n) is 1.33. The summed E-state index contributed by atoms with van der Waals surface area (Å²) in [6.07, 6.45) is -0.492. The summed E-state index contributed by atoms with van der Waals surface area (Å²) in [5, 5.41) is 2.53. The van der Waals surface area contributed by atoms with E-state index in [1.54, 1.807) is 12.1 Å². The lowest BCUT2D eigenvalue weighted by Gasteiger charge is -2.08. The summed E-state index contributed by atoms with van der Waals surface area (Å²) in [6, 6.07) is 4.41. The normalized spacial score (nSPS) is 20.4. The highest BCUT2D eigenvalue weighted by molar-refractivity contribution is 14.1. The molecule has 0 aromatic heterocycles. The molecule has 1 aliphatic heterocycles. The van der Waals surface area contributed by atoms with Gasteiger partial charge in [-0.05, 0) is 40.8 Å². The Labute approximate surface area is 93.8 Å². The molecule has 1 saturated heterocycles. The SMILES string of the molecule is O=C1N[C@@H](c2cc(I)ccc2F)CO1. The van der Waals surface area contributed by atoms with Gasteiger partial charge in [0.25, 0.3) is 0 Å². The van der Waals surface area contributed by atoms with Gasteiger partial charge in [-0.15, -0.1) is 0 Å². The van der Waals surface area contributed by atoms with Gasteiger partial charge in [-0.1, -0.05) is 0 Å². The van der Waals surface area contributed by atoms with Crippen molar-refractivity contribution in [3.05, 3.63) is 33.1 Å². The molecule has 14 heavy (non-hydrogen) atoms. The highest BCUT2D eigenvalue weighted by atomic mass is 127. The van der Waals surface area contributed by atoms with Crippen molar-refractivity contribution in [2.24, 2.45) is 0 Å². The number of cyclic esters (lactones) is 1. The van der Waals surface area contributed by atoms with E-state index in [-0.39, 0.29) is 18.5 Å². The summed E-state index contributed by atoms with van der Waals surface area (Å²) in [6.45, 7) is 0.190. The van der Waals surface area contributed by atoms with Gasteiger partial charge in [0.05, 0.1) is 6.04 Å². The molecule has 1 N–H and O–H groups in total. The second kappa shape index (κ2) is 3.72. The second-order valence-electron chi connectivity index (χ2n) is 2.96. The van der Waals surface area contributed by atoms with Crippen LogP contribution in [0.25, 0.3) is 0 Å². The molecule has 1 fully saturated rings. The molecule has 1 aromatic rings. The van der Waals surface area contributed by atoms with Crippen molar-refractivity contribution in [3.8, 4) is 0 Å². The van der Waals surface area contributed by atoms with E-state index in [0.29, 0.717) is 5.56 Å². The lowest BCUT2D eigenvalue weighted by Crippen LogP contribution is -2.19. The zero-order valence-corrected chi connectivity index (χ0v) is 9.25. The van der Waals surface area contributed by atoms with Gasteiger partial charge in [0.1, 0.15) is 12.4 Å². The number of alkyl carbamates (subject to hydrolysis) is 1. The number of nitrogens with one attached hydrogen (secondary N) is 1. The molecule has 3 nitrogen and oxygen atoms in total. The van der Waals surface area contributed by atoms with E-state index in [9.17, 15) is 9.18 Å². The van der Waals surface area contributed by atoms with Gasteiger partial charge in [0, 0.05) is 9.13 Å². The van der Waals surface area contributed by atoms with Gasteiger partial charge in [0.15, 0.2) is 0 Å². The maximum Gasteiger partial charge on any atom is 0.407 e. The Bertz CT molecular complexity index is 383. The summed E-state index contributed by atoms with van der Waals surface area (Å²) in [7, 11) is 0. The monoisotopic (exact) mass is 307 g/mol. The van der Waals surface area contributed by atoms with E-state index in [4.69, 9.17) is 4.74 Å². The number of benzene rings is 1. The van der Waals surface area contributed by atoms with Crippen molar-refractivity contribution in [2.75, 3.05) is 6.61 Å². The molecule has 0 saturated carbocycles. The van der Waals surface area contributed by atoms with Crippen molar-refractivity contribution in [2.45, 2.75) is 6.04 Å². The third-order valence-corrected chi connectivity index (χ3v) is 2.68. The number of hydrogen-bond donors (Lipinski definition) is 1. The first-order valence-corrected chi connectivity index (χ1v) is 5.13. The number of ether oxygens (including phenoxy) is 1. The molecular formula is C9H7FINO2. The number of rotatable bonds is 1. The number of carbonyl (C=O) groups is 1. The molecular weight excluding hydrogens is 300 g/mol. The van der Waals surface area contributed by atoms with Crippen LogP contribution in [0.4, 0.5) is 9.18 Å². The highest BCUT2D eigenvalue weighted by Gasteiger charge is 2.26. The first kappa shape index (κ1) is 9.70. The Morgan fingerprint density at radius 3 is 3.00 bits per heavy atom. The van der Waals surface area contributed by atoms with E-state index in [2.05, 4.69) is 27.9 Å². The maximum absolute atomic E-state index is 13.3. The van der Waals surface area contributed by atoms with Crippen LogP contribution >= 0.6 is 22.6 Å². The van der Waals surface area contributed by atoms with Crippen LogP contribution < -0.4 is 5.32 Å². The molecule has 0 bridgehead atoms. The lowest BCUT2D eigenvalue weighted by molar-refractivity contribution is 0.177. The van der Waals surface area contributed by atoms with Gasteiger partial charge in [-0.3, -0.25) is 0 Å². The molecule has 0 unspecified atom stereocenters. The fraction of sp³-hybridized carbons (Fsp3) is 0.222. The average molecular weight is 307 g/mol. The van der Waals surface area contributed by atoms with E-state index in [0.717, 1.165) is 3.57 Å². The van der Waals surface area contributed by atoms with E-state index < -0.39 is 6.09 Å². The van der Waals surface area contributed by atoms with Gasteiger partial charge in [-0.25, -0.2) is 9.18 Å². The number of hydrogen-bond acceptors (Lipinski definition) is 2. The van der Waals surface area contributed by atoms with Gasteiger partial charge in [0.2, 0.25) is 0 Å². The first-order valence-electron chi connectivity index (χ1n) is 4.05. The highest BCUT2D eigenvalue weighted by Crippen LogP contribution is 2.22. The van der Waals surface area contributed by atoms with Crippen LogP contribution in [-0.4, -0.2) is 12.7 Å². The number of amides is 1. The third-order valence-electron chi connectivity index (χ3n) is 2.01. The van der Waals surface area contributed by atoms with Crippen LogP contribution in [-0.2, 0) is 4.74 Å². The largest absolute Gasteiger partial charge is 0.447 e. The number of carbonyl (C=O) groups excluding carboxylic acids is 1. The van der Waals surface area contributed by atoms with Gasteiger partial charge >= 0.3 is 6.09 Å². The predicted molar refractivity (Wildman–Crippen MR) is 56.3 cm³/mol. The molecule has 1 atom stereocenters. The smallest absolute Gasteiger partial charge is 0.407 e. The molecule has 1 aromatic carbocycles. The Balaban J connectivity index is 2.31.